The number of hydrogen-bond donors (Lipinski definition) is 2. The molecule has 0 aliphatic carbocycles. The fourth-order valence-electron chi connectivity index (χ4n) is 2.12. The molecule has 0 amide bonds. The van der Waals surface area contributed by atoms with E-state index >= 15 is 0 Å². The predicted octanol–water partition coefficient (Wildman–Crippen LogP) is 1.82. The highest BCUT2D eigenvalue weighted by Crippen LogP contribution is 2.19. The first-order valence-electron chi connectivity index (χ1n) is 6.24. The lowest BCUT2D eigenvalue weighted by atomic mass is 10.1. The molecular weight excluding hydrogens is 245 g/mol. The number of aliphatic hydroxyl groups excluding tert-OH is 1. The molecule has 3 N–H and O–H groups in total. The zero-order valence-corrected chi connectivity index (χ0v) is 10.8. The van der Waals surface area contributed by atoms with Crippen LogP contribution in [0.2, 0.25) is 0 Å². The number of aromatic nitrogens is 2. The molecule has 0 saturated carbocycles. The molecule has 2 unspecified atom stereocenters. The second-order valence-electron chi connectivity index (χ2n) is 4.69. The number of halogens is 1. The lowest BCUT2D eigenvalue weighted by Crippen LogP contribution is -2.21. The fourth-order valence-corrected chi connectivity index (χ4v) is 2.12. The van der Waals surface area contributed by atoms with Crippen molar-refractivity contribution in [3.05, 3.63) is 53.9 Å². The van der Waals surface area contributed by atoms with Gasteiger partial charge in [-0.05, 0) is 31.0 Å². The zero-order valence-electron chi connectivity index (χ0n) is 10.8. The minimum absolute atomic E-state index is 0.116. The van der Waals surface area contributed by atoms with Gasteiger partial charge in [-0.25, -0.2) is 9.37 Å². The molecule has 0 spiro atoms. The highest BCUT2D eigenvalue weighted by molar-refractivity contribution is 5.17. The quantitative estimate of drug-likeness (QED) is 0.864. The Hall–Kier alpha value is -1.72. The molecule has 1 aromatic heterocycles. The van der Waals surface area contributed by atoms with E-state index in [9.17, 15) is 4.39 Å². The van der Waals surface area contributed by atoms with Crippen molar-refractivity contribution < 1.29 is 9.50 Å². The molecule has 1 aromatic carbocycles. The lowest BCUT2D eigenvalue weighted by Gasteiger charge is -2.19. The number of nitrogens with two attached hydrogens (primary N) is 1. The third kappa shape index (κ3) is 3.19. The van der Waals surface area contributed by atoms with E-state index in [1.54, 1.807) is 24.7 Å². The zero-order chi connectivity index (χ0) is 13.8. The van der Waals surface area contributed by atoms with E-state index in [1.807, 2.05) is 11.5 Å². The van der Waals surface area contributed by atoms with Gasteiger partial charge in [0.05, 0.1) is 24.7 Å². The van der Waals surface area contributed by atoms with Crippen LogP contribution >= 0.6 is 0 Å². The van der Waals surface area contributed by atoms with Crippen molar-refractivity contribution in [1.82, 2.24) is 9.55 Å². The lowest BCUT2D eigenvalue weighted by molar-refractivity contribution is 0.261. The van der Waals surface area contributed by atoms with Crippen LogP contribution in [0.5, 0.6) is 0 Å². The number of aliphatic hydroxyl groups is 1. The van der Waals surface area contributed by atoms with Gasteiger partial charge in [0.1, 0.15) is 5.82 Å². The molecule has 0 aliphatic rings. The van der Waals surface area contributed by atoms with E-state index in [0.717, 1.165) is 17.7 Å². The Bertz CT molecular complexity index is 524. The minimum Gasteiger partial charge on any atom is -0.394 e. The monoisotopic (exact) mass is 263 g/mol. The Kier molecular flexibility index (Phi) is 4.29. The third-order valence-electron chi connectivity index (χ3n) is 3.19. The molecule has 19 heavy (non-hydrogen) atoms. The van der Waals surface area contributed by atoms with Gasteiger partial charge in [-0.3, -0.25) is 0 Å². The maximum atomic E-state index is 12.9. The Morgan fingerprint density at radius 3 is 2.68 bits per heavy atom. The molecule has 0 radical (unpaired) electrons. The maximum Gasteiger partial charge on any atom is 0.123 e. The summed E-state index contributed by atoms with van der Waals surface area (Å²) in [5.41, 5.74) is 7.68. The summed E-state index contributed by atoms with van der Waals surface area (Å²) in [5.74, 6) is -0.234. The molecule has 0 bridgehead atoms. The molecule has 2 rings (SSSR count). The maximum absolute atomic E-state index is 12.9. The van der Waals surface area contributed by atoms with Crippen LogP contribution in [0.3, 0.4) is 0 Å². The van der Waals surface area contributed by atoms with Crippen LogP contribution in [-0.2, 0) is 6.42 Å². The summed E-state index contributed by atoms with van der Waals surface area (Å²) in [7, 11) is 0. The third-order valence-corrected chi connectivity index (χ3v) is 3.19. The molecule has 2 aromatic rings. The van der Waals surface area contributed by atoms with Crippen LogP contribution < -0.4 is 5.73 Å². The largest absolute Gasteiger partial charge is 0.394 e. The molecule has 4 nitrogen and oxygen atoms in total. The first kappa shape index (κ1) is 13.7. The summed E-state index contributed by atoms with van der Waals surface area (Å²) in [4.78, 5) is 4.08. The van der Waals surface area contributed by atoms with E-state index in [2.05, 4.69) is 4.98 Å². The highest BCUT2D eigenvalue weighted by Gasteiger charge is 2.15. The number of imidazole rings is 1. The van der Waals surface area contributed by atoms with Crippen LogP contribution in [0, 0.1) is 5.82 Å². The molecule has 0 fully saturated rings. The summed E-state index contributed by atoms with van der Waals surface area (Å²) in [6.07, 6.45) is 4.13. The van der Waals surface area contributed by atoms with E-state index in [1.165, 1.54) is 12.1 Å². The van der Waals surface area contributed by atoms with Gasteiger partial charge in [0.2, 0.25) is 0 Å². The molecule has 2 atom stereocenters. The highest BCUT2D eigenvalue weighted by atomic mass is 19.1. The Labute approximate surface area is 111 Å². The average molecular weight is 263 g/mol. The molecule has 0 aliphatic heterocycles. The molecule has 5 heteroatoms. The number of hydrogen-bond acceptors (Lipinski definition) is 3. The van der Waals surface area contributed by atoms with Crippen LogP contribution in [0.1, 0.15) is 30.3 Å². The number of benzene rings is 1. The van der Waals surface area contributed by atoms with Gasteiger partial charge in [0, 0.05) is 12.2 Å². The van der Waals surface area contributed by atoms with Crippen molar-refractivity contribution in [2.75, 3.05) is 6.61 Å². The first-order chi connectivity index (χ1) is 9.11. The van der Waals surface area contributed by atoms with Crippen LogP contribution in [0.4, 0.5) is 4.39 Å². The Morgan fingerprint density at radius 2 is 2.05 bits per heavy atom. The van der Waals surface area contributed by atoms with E-state index in [0.29, 0.717) is 0 Å². The van der Waals surface area contributed by atoms with Crippen molar-refractivity contribution in [1.29, 1.82) is 0 Å². The first-order valence-corrected chi connectivity index (χ1v) is 6.24. The Morgan fingerprint density at radius 1 is 1.37 bits per heavy atom. The standard InChI is InChI=1S/C14H18FN3O/c1-10(6-11-2-4-12(15)5-3-11)18-9-17-7-14(18)13(16)8-19/h2-5,7,9-10,13,19H,6,8,16H2,1H3. The summed E-state index contributed by atoms with van der Waals surface area (Å²) in [6, 6.07) is 6.16. The van der Waals surface area contributed by atoms with E-state index < -0.39 is 6.04 Å². The van der Waals surface area contributed by atoms with Crippen molar-refractivity contribution in [2.24, 2.45) is 5.73 Å². The van der Waals surface area contributed by atoms with Crippen molar-refractivity contribution in [2.45, 2.75) is 25.4 Å². The normalized spacial score (nSPS) is 14.3. The summed E-state index contributed by atoms with van der Waals surface area (Å²) in [5, 5.41) is 9.13. The van der Waals surface area contributed by atoms with E-state index in [-0.39, 0.29) is 18.5 Å². The van der Waals surface area contributed by atoms with Gasteiger partial charge in [0.25, 0.3) is 0 Å². The number of rotatable bonds is 5. The van der Waals surface area contributed by atoms with Crippen LogP contribution in [-0.4, -0.2) is 21.3 Å². The summed E-state index contributed by atoms with van der Waals surface area (Å²) in [6.45, 7) is 1.92. The van der Waals surface area contributed by atoms with Crippen molar-refractivity contribution in [3.63, 3.8) is 0 Å². The summed E-state index contributed by atoms with van der Waals surface area (Å²) < 4.78 is 14.8. The molecular formula is C14H18FN3O. The smallest absolute Gasteiger partial charge is 0.123 e. The number of nitrogens with zero attached hydrogens (tertiary/aromatic N) is 2. The van der Waals surface area contributed by atoms with Gasteiger partial charge < -0.3 is 15.4 Å². The molecule has 0 saturated heterocycles. The van der Waals surface area contributed by atoms with Gasteiger partial charge in [0.15, 0.2) is 0 Å². The second kappa shape index (κ2) is 5.95. The van der Waals surface area contributed by atoms with Gasteiger partial charge in [-0.15, -0.1) is 0 Å². The predicted molar refractivity (Wildman–Crippen MR) is 71.1 cm³/mol. The SMILES string of the molecule is CC(Cc1ccc(F)cc1)n1cncc1C(N)CO. The van der Waals surface area contributed by atoms with Crippen molar-refractivity contribution in [3.8, 4) is 0 Å². The topological polar surface area (TPSA) is 64.1 Å². The van der Waals surface area contributed by atoms with Gasteiger partial charge in [-0.2, -0.15) is 0 Å². The van der Waals surface area contributed by atoms with Crippen LogP contribution in [0.15, 0.2) is 36.8 Å². The Balaban J connectivity index is 2.13. The van der Waals surface area contributed by atoms with E-state index in [4.69, 9.17) is 10.8 Å². The van der Waals surface area contributed by atoms with Gasteiger partial charge >= 0.3 is 0 Å². The van der Waals surface area contributed by atoms with Crippen molar-refractivity contribution >= 4 is 0 Å². The fraction of sp³-hybridized carbons (Fsp3) is 0.357. The second-order valence-corrected chi connectivity index (χ2v) is 4.69. The molecule has 1 heterocycles. The van der Waals surface area contributed by atoms with Gasteiger partial charge in [-0.1, -0.05) is 12.1 Å². The summed E-state index contributed by atoms with van der Waals surface area (Å²) >= 11 is 0. The minimum atomic E-state index is -0.432. The van der Waals surface area contributed by atoms with Crippen LogP contribution in [0.25, 0.3) is 0 Å². The average Bonchev–Trinajstić information content (AvgIpc) is 2.90. The molecule has 102 valence electrons.